The molecule has 0 aliphatic rings. The summed E-state index contributed by atoms with van der Waals surface area (Å²) in [6.07, 6.45) is 0.341. The van der Waals surface area contributed by atoms with Crippen LogP contribution in [-0.2, 0) is 18.5 Å². The van der Waals surface area contributed by atoms with Gasteiger partial charge in [0.05, 0.1) is 26.0 Å². The van der Waals surface area contributed by atoms with E-state index in [2.05, 4.69) is 5.48 Å². The maximum Gasteiger partial charge on any atom is 0.331 e. The van der Waals surface area contributed by atoms with Gasteiger partial charge in [0.25, 0.3) is 0 Å². The fourth-order valence-corrected chi connectivity index (χ4v) is 3.72. The van der Waals surface area contributed by atoms with Crippen LogP contribution >= 0.6 is 7.60 Å². The summed E-state index contributed by atoms with van der Waals surface area (Å²) in [5, 5.41) is 0. The molecule has 19 heavy (non-hydrogen) atoms. The topological polar surface area (TPSA) is 56.8 Å². The summed E-state index contributed by atoms with van der Waals surface area (Å²) in [5.74, 6) is 0. The van der Waals surface area contributed by atoms with Crippen LogP contribution in [0.3, 0.4) is 0 Å². The largest absolute Gasteiger partial charge is 0.331 e. The Bertz CT molecular complexity index is 290. The first-order chi connectivity index (χ1) is 8.54. The predicted molar refractivity (Wildman–Crippen MR) is 78.3 cm³/mol. The van der Waals surface area contributed by atoms with E-state index < -0.39 is 7.60 Å². The van der Waals surface area contributed by atoms with Crippen LogP contribution in [0.25, 0.3) is 0 Å². The fraction of sp³-hybridized carbons (Fsp3) is 1.00. The Balaban J connectivity index is 4.42. The first-order valence-corrected chi connectivity index (χ1v) is 8.53. The smallest absolute Gasteiger partial charge is 0.309 e. The average molecular weight is 295 g/mol. The Labute approximate surface area is 117 Å². The third-order valence-electron chi connectivity index (χ3n) is 2.11. The Kier molecular flexibility index (Phi) is 7.78. The number of hydrogen-bond acceptors (Lipinski definition) is 5. The summed E-state index contributed by atoms with van der Waals surface area (Å²) in [6.45, 7) is 14.9. The molecule has 0 saturated carbocycles. The highest BCUT2D eigenvalue weighted by Crippen LogP contribution is 2.52. The number of hydrogen-bond donors (Lipinski definition) is 1. The molecule has 0 atom stereocenters. The lowest BCUT2D eigenvalue weighted by Crippen LogP contribution is -2.39. The maximum absolute atomic E-state index is 12.5. The highest BCUT2D eigenvalue weighted by atomic mass is 31.2. The molecule has 0 bridgehead atoms. The van der Waals surface area contributed by atoms with Gasteiger partial charge < -0.3 is 13.9 Å². The van der Waals surface area contributed by atoms with Crippen LogP contribution in [0.5, 0.6) is 0 Å². The lowest BCUT2D eigenvalue weighted by molar-refractivity contribution is -0.0401. The minimum Gasteiger partial charge on any atom is -0.309 e. The second-order valence-corrected chi connectivity index (χ2v) is 8.46. The van der Waals surface area contributed by atoms with E-state index in [1.807, 2.05) is 48.5 Å². The summed E-state index contributed by atoms with van der Waals surface area (Å²) in [6, 6.07) is 0. The molecule has 0 fully saturated rings. The maximum atomic E-state index is 12.5. The van der Waals surface area contributed by atoms with Crippen molar-refractivity contribution in [2.24, 2.45) is 5.41 Å². The average Bonchev–Trinajstić information content (AvgIpc) is 2.13. The van der Waals surface area contributed by atoms with Crippen LogP contribution in [0.15, 0.2) is 0 Å². The number of rotatable bonds is 9. The summed E-state index contributed by atoms with van der Waals surface area (Å²) in [5.41, 5.74) is 2.55. The minimum atomic E-state index is -3.03. The van der Waals surface area contributed by atoms with E-state index in [0.717, 1.165) is 0 Å². The molecule has 0 rings (SSSR count). The summed E-state index contributed by atoms with van der Waals surface area (Å²) < 4.78 is 23.1. The molecule has 0 unspecified atom stereocenters. The second kappa shape index (κ2) is 7.75. The van der Waals surface area contributed by atoms with E-state index >= 15 is 0 Å². The lowest BCUT2D eigenvalue weighted by Gasteiger charge is -2.30. The lowest BCUT2D eigenvalue weighted by atomic mass is 9.98. The van der Waals surface area contributed by atoms with E-state index in [1.165, 1.54) is 0 Å². The van der Waals surface area contributed by atoms with Crippen molar-refractivity contribution in [2.75, 3.05) is 26.0 Å². The van der Waals surface area contributed by atoms with Crippen molar-refractivity contribution in [2.45, 2.75) is 54.0 Å². The van der Waals surface area contributed by atoms with Crippen LogP contribution in [0.4, 0.5) is 0 Å². The number of nitrogens with one attached hydrogen (secondary N) is 1. The van der Waals surface area contributed by atoms with E-state index in [0.29, 0.717) is 26.0 Å². The normalized spacial score (nSPS) is 13.8. The summed E-state index contributed by atoms with van der Waals surface area (Å²) >= 11 is 0. The van der Waals surface area contributed by atoms with Gasteiger partial charge in [0.1, 0.15) is 0 Å². The fourth-order valence-electron chi connectivity index (χ4n) is 1.54. The second-order valence-electron chi connectivity index (χ2n) is 6.41. The predicted octanol–water partition coefficient (Wildman–Crippen LogP) is 3.60. The summed E-state index contributed by atoms with van der Waals surface area (Å²) in [4.78, 5) is 5.48. The Morgan fingerprint density at radius 1 is 1.00 bits per heavy atom. The van der Waals surface area contributed by atoms with Crippen molar-refractivity contribution in [1.29, 1.82) is 0 Å². The van der Waals surface area contributed by atoms with Gasteiger partial charge in [-0.05, 0) is 34.6 Å². The molecule has 0 saturated heterocycles. The highest BCUT2D eigenvalue weighted by Gasteiger charge is 2.34. The van der Waals surface area contributed by atoms with E-state index in [1.54, 1.807) is 0 Å². The highest BCUT2D eigenvalue weighted by molar-refractivity contribution is 7.53. The Hall–Kier alpha value is 0.0700. The van der Waals surface area contributed by atoms with Crippen LogP contribution in [0, 0.1) is 5.41 Å². The molecule has 0 aromatic rings. The first kappa shape index (κ1) is 19.1. The zero-order valence-electron chi connectivity index (χ0n) is 13.4. The van der Waals surface area contributed by atoms with E-state index in [4.69, 9.17) is 13.9 Å². The molecule has 6 heteroatoms. The van der Waals surface area contributed by atoms with Gasteiger partial charge >= 0.3 is 7.60 Å². The third kappa shape index (κ3) is 9.58. The molecule has 0 aromatic heterocycles. The van der Waals surface area contributed by atoms with Gasteiger partial charge in [0, 0.05) is 11.0 Å². The van der Waals surface area contributed by atoms with E-state index in [9.17, 15) is 4.57 Å². The van der Waals surface area contributed by atoms with Crippen molar-refractivity contribution in [3.05, 3.63) is 0 Å². The molecular weight excluding hydrogens is 265 g/mol. The van der Waals surface area contributed by atoms with Crippen LogP contribution in [0.2, 0.25) is 0 Å². The van der Waals surface area contributed by atoms with Gasteiger partial charge in [-0.2, -0.15) is 5.48 Å². The molecular formula is C13H30NO4P. The summed E-state index contributed by atoms with van der Waals surface area (Å²) in [7, 11) is -3.03. The quantitative estimate of drug-likeness (QED) is 0.520. The molecule has 5 nitrogen and oxygen atoms in total. The zero-order chi connectivity index (χ0) is 15.2. The molecule has 1 N–H and O–H groups in total. The van der Waals surface area contributed by atoms with Crippen molar-refractivity contribution >= 4 is 7.60 Å². The monoisotopic (exact) mass is 295 g/mol. The Morgan fingerprint density at radius 3 is 1.84 bits per heavy atom. The van der Waals surface area contributed by atoms with Gasteiger partial charge in [-0.15, -0.1) is 0 Å². The van der Waals surface area contributed by atoms with Gasteiger partial charge in [-0.25, -0.2) is 0 Å². The van der Waals surface area contributed by atoms with Gasteiger partial charge in [0.15, 0.2) is 0 Å². The minimum absolute atomic E-state index is 0.111. The van der Waals surface area contributed by atoms with Crippen molar-refractivity contribution in [3.63, 3.8) is 0 Å². The molecule has 0 heterocycles. The zero-order valence-corrected chi connectivity index (χ0v) is 14.3. The molecule has 0 spiro atoms. The van der Waals surface area contributed by atoms with Gasteiger partial charge in [-0.3, -0.25) is 4.57 Å². The van der Waals surface area contributed by atoms with Crippen LogP contribution < -0.4 is 5.48 Å². The third-order valence-corrected chi connectivity index (χ3v) is 4.66. The molecule has 0 radical (unpaired) electrons. The molecule has 0 aliphatic heterocycles. The van der Waals surface area contributed by atoms with Crippen molar-refractivity contribution in [1.82, 2.24) is 5.48 Å². The Morgan fingerprint density at radius 2 is 1.47 bits per heavy atom. The molecule has 116 valence electrons. The SMILES string of the molecule is CCOP(=O)(CC(C)(C)CONC(C)(C)C)OCC. The number of hydroxylamine groups is 1. The van der Waals surface area contributed by atoms with Gasteiger partial charge in [0.2, 0.25) is 0 Å². The standard InChI is InChI=1S/C13H30NO4P/c1-8-17-19(15,18-9-2)11-13(6,7)10-16-14-12(3,4)5/h14H,8-11H2,1-7H3. The first-order valence-electron chi connectivity index (χ1n) is 6.81. The molecule has 0 amide bonds. The van der Waals surface area contributed by atoms with Crippen molar-refractivity contribution in [3.8, 4) is 0 Å². The van der Waals surface area contributed by atoms with Crippen LogP contribution in [0.1, 0.15) is 48.5 Å². The van der Waals surface area contributed by atoms with Crippen molar-refractivity contribution < 1.29 is 18.5 Å². The molecule has 0 aromatic carbocycles. The van der Waals surface area contributed by atoms with Gasteiger partial charge in [-0.1, -0.05) is 13.8 Å². The molecule has 0 aliphatic carbocycles. The van der Waals surface area contributed by atoms with E-state index in [-0.39, 0.29) is 11.0 Å². The van der Waals surface area contributed by atoms with Crippen LogP contribution in [-0.4, -0.2) is 31.5 Å².